The Morgan fingerprint density at radius 1 is 1.44 bits per heavy atom. The van der Waals surface area contributed by atoms with Crippen LogP contribution in [0.25, 0.3) is 0 Å². The summed E-state index contributed by atoms with van der Waals surface area (Å²) < 4.78 is 9.66. The number of carboxylic acids is 1. The smallest absolute Gasteiger partial charge is 0.330 e. The van der Waals surface area contributed by atoms with E-state index in [1.54, 1.807) is 0 Å². The fourth-order valence-corrected chi connectivity index (χ4v) is 1.08. The number of esters is 1. The van der Waals surface area contributed by atoms with Crippen molar-refractivity contribution in [2.45, 2.75) is 37.9 Å². The lowest BCUT2D eigenvalue weighted by Gasteiger charge is -1.95. The molecule has 1 saturated heterocycles. The van der Waals surface area contributed by atoms with Crippen molar-refractivity contribution in [3.63, 3.8) is 0 Å². The molecule has 0 bridgehead atoms. The lowest BCUT2D eigenvalue weighted by atomic mass is 10.1. The predicted molar refractivity (Wildman–Crippen MR) is 65.1 cm³/mol. The molecule has 0 aromatic heterocycles. The van der Waals surface area contributed by atoms with Crippen molar-refractivity contribution in [3.05, 3.63) is 24.8 Å². The van der Waals surface area contributed by atoms with Crippen LogP contribution in [0.5, 0.6) is 0 Å². The fraction of sp³-hybridized carbons (Fsp3) is 0.538. The van der Waals surface area contributed by atoms with Crippen LogP contribution in [0, 0.1) is 0 Å². The number of carbonyl (C=O) groups excluding carboxylic acids is 1. The molecule has 0 aromatic rings. The third kappa shape index (κ3) is 6.85. The molecule has 1 unspecified atom stereocenters. The van der Waals surface area contributed by atoms with Crippen LogP contribution in [0.15, 0.2) is 24.8 Å². The molecule has 2 fully saturated rings. The van der Waals surface area contributed by atoms with Gasteiger partial charge in [0.2, 0.25) is 0 Å². The first-order chi connectivity index (χ1) is 8.52. The molecule has 100 valence electrons. The molecular weight excluding hydrogens is 236 g/mol. The molecule has 1 saturated carbocycles. The third-order valence-electron chi connectivity index (χ3n) is 2.45. The monoisotopic (exact) mass is 254 g/mol. The second kappa shape index (κ2) is 6.96. The Hall–Kier alpha value is -1.62. The van der Waals surface area contributed by atoms with Gasteiger partial charge in [0.25, 0.3) is 0 Å². The fourth-order valence-electron chi connectivity index (χ4n) is 1.08. The number of carbonyl (C=O) groups is 2. The number of aliphatic carboxylic acids is 1. The Kier molecular flexibility index (Phi) is 5.58. The zero-order chi connectivity index (χ0) is 13.5. The van der Waals surface area contributed by atoms with E-state index in [4.69, 9.17) is 14.6 Å². The third-order valence-corrected chi connectivity index (χ3v) is 2.45. The van der Waals surface area contributed by atoms with Gasteiger partial charge in [0.05, 0.1) is 12.7 Å². The van der Waals surface area contributed by atoms with Gasteiger partial charge in [0.15, 0.2) is 0 Å². The first-order valence-corrected chi connectivity index (χ1v) is 5.88. The standard InChI is InChI=1S/C7H10O3.C6H8O2/c1-5(7(8)9)2-3-6-4-10-6;1-2-6(7)8-5-3-4-5/h6H,1-4H2,(H,8,9);2,5H,1,3-4H2. The first kappa shape index (κ1) is 14.4. The van der Waals surface area contributed by atoms with Crippen molar-refractivity contribution in [2.75, 3.05) is 6.61 Å². The molecule has 1 N–H and O–H groups in total. The largest absolute Gasteiger partial charge is 0.478 e. The van der Waals surface area contributed by atoms with Gasteiger partial charge in [-0.3, -0.25) is 0 Å². The Morgan fingerprint density at radius 2 is 2.06 bits per heavy atom. The van der Waals surface area contributed by atoms with Crippen LogP contribution in [-0.4, -0.2) is 35.9 Å². The van der Waals surface area contributed by atoms with Crippen molar-refractivity contribution in [1.29, 1.82) is 0 Å². The van der Waals surface area contributed by atoms with E-state index in [1.807, 2.05) is 0 Å². The molecule has 18 heavy (non-hydrogen) atoms. The van der Waals surface area contributed by atoms with Crippen LogP contribution >= 0.6 is 0 Å². The molecule has 0 radical (unpaired) electrons. The van der Waals surface area contributed by atoms with Crippen molar-refractivity contribution < 1.29 is 24.2 Å². The first-order valence-electron chi connectivity index (χ1n) is 5.88. The average Bonchev–Trinajstić information content (AvgIpc) is 3.20. The van der Waals surface area contributed by atoms with Crippen molar-refractivity contribution >= 4 is 11.9 Å². The molecule has 0 amide bonds. The lowest BCUT2D eigenvalue weighted by Crippen LogP contribution is -2.00. The van der Waals surface area contributed by atoms with Crippen LogP contribution in [0.2, 0.25) is 0 Å². The van der Waals surface area contributed by atoms with E-state index < -0.39 is 5.97 Å². The molecule has 1 aliphatic heterocycles. The van der Waals surface area contributed by atoms with Gasteiger partial charge in [-0.15, -0.1) is 0 Å². The topological polar surface area (TPSA) is 76.1 Å². The van der Waals surface area contributed by atoms with E-state index in [2.05, 4.69) is 13.2 Å². The summed E-state index contributed by atoms with van der Waals surface area (Å²) in [6.07, 6.45) is 5.10. The van der Waals surface area contributed by atoms with E-state index in [9.17, 15) is 9.59 Å². The maximum absolute atomic E-state index is 10.3. The molecule has 2 rings (SSSR count). The van der Waals surface area contributed by atoms with Gasteiger partial charge >= 0.3 is 11.9 Å². The van der Waals surface area contributed by atoms with Crippen molar-refractivity contribution in [1.82, 2.24) is 0 Å². The number of ether oxygens (including phenoxy) is 2. The van der Waals surface area contributed by atoms with E-state index >= 15 is 0 Å². The van der Waals surface area contributed by atoms with Gasteiger partial charge in [0, 0.05) is 11.6 Å². The maximum Gasteiger partial charge on any atom is 0.330 e. The van der Waals surface area contributed by atoms with Gasteiger partial charge in [-0.1, -0.05) is 13.2 Å². The molecule has 1 heterocycles. The summed E-state index contributed by atoms with van der Waals surface area (Å²) in [4.78, 5) is 20.5. The predicted octanol–water partition coefficient (Wildman–Crippen LogP) is 1.68. The van der Waals surface area contributed by atoms with E-state index in [0.29, 0.717) is 12.5 Å². The lowest BCUT2D eigenvalue weighted by molar-refractivity contribution is -0.139. The molecule has 1 atom stereocenters. The summed E-state index contributed by atoms with van der Waals surface area (Å²) in [5.74, 6) is -1.20. The highest BCUT2D eigenvalue weighted by atomic mass is 16.6. The molecular formula is C13H18O5. The number of rotatable bonds is 6. The van der Waals surface area contributed by atoms with Gasteiger partial charge < -0.3 is 14.6 Å². The minimum Gasteiger partial charge on any atom is -0.478 e. The van der Waals surface area contributed by atoms with Crippen LogP contribution in [-0.2, 0) is 19.1 Å². The Balaban J connectivity index is 0.000000184. The quantitative estimate of drug-likeness (QED) is 0.443. The number of hydrogen-bond acceptors (Lipinski definition) is 4. The summed E-state index contributed by atoms with van der Waals surface area (Å²) in [6.45, 7) is 7.45. The Labute approximate surface area is 106 Å². The van der Waals surface area contributed by atoms with Gasteiger partial charge in [-0.2, -0.15) is 0 Å². The molecule has 5 nitrogen and oxygen atoms in total. The van der Waals surface area contributed by atoms with Gasteiger partial charge in [-0.05, 0) is 25.7 Å². The molecule has 0 spiro atoms. The number of carboxylic acid groups (broad SMARTS) is 1. The number of epoxide rings is 1. The van der Waals surface area contributed by atoms with Gasteiger partial charge in [-0.25, -0.2) is 9.59 Å². The van der Waals surface area contributed by atoms with Crippen molar-refractivity contribution in [2.24, 2.45) is 0 Å². The second-order valence-corrected chi connectivity index (χ2v) is 4.24. The van der Waals surface area contributed by atoms with Crippen LogP contribution in [0.4, 0.5) is 0 Å². The van der Waals surface area contributed by atoms with Crippen LogP contribution < -0.4 is 0 Å². The highest BCUT2D eigenvalue weighted by Gasteiger charge is 2.24. The summed E-state index contributed by atoms with van der Waals surface area (Å²) in [7, 11) is 0. The Morgan fingerprint density at radius 3 is 2.44 bits per heavy atom. The SMILES string of the molecule is C=C(CCC1CO1)C(=O)O.C=CC(=O)OC1CC1. The van der Waals surface area contributed by atoms with E-state index in [1.165, 1.54) is 6.08 Å². The van der Waals surface area contributed by atoms with Crippen molar-refractivity contribution in [3.8, 4) is 0 Å². The molecule has 1 aliphatic carbocycles. The minimum atomic E-state index is -0.902. The molecule has 5 heteroatoms. The van der Waals surface area contributed by atoms with E-state index in [0.717, 1.165) is 25.9 Å². The van der Waals surface area contributed by atoms with E-state index in [-0.39, 0.29) is 17.6 Å². The number of hydrogen-bond donors (Lipinski definition) is 1. The summed E-state index contributed by atoms with van der Waals surface area (Å²) in [6, 6.07) is 0. The average molecular weight is 254 g/mol. The zero-order valence-electron chi connectivity index (χ0n) is 10.3. The normalized spacial score (nSPS) is 20.1. The van der Waals surface area contributed by atoms with Crippen LogP contribution in [0.3, 0.4) is 0 Å². The molecule has 0 aromatic carbocycles. The summed E-state index contributed by atoms with van der Waals surface area (Å²) in [5, 5.41) is 8.37. The Bertz CT molecular complexity index is 339. The van der Waals surface area contributed by atoms with Gasteiger partial charge in [0.1, 0.15) is 6.10 Å². The highest BCUT2D eigenvalue weighted by Crippen LogP contribution is 2.23. The zero-order valence-corrected chi connectivity index (χ0v) is 10.3. The maximum atomic E-state index is 10.3. The van der Waals surface area contributed by atoms with Crippen LogP contribution in [0.1, 0.15) is 25.7 Å². The summed E-state index contributed by atoms with van der Waals surface area (Å²) >= 11 is 0. The minimum absolute atomic E-state index is 0.209. The highest BCUT2D eigenvalue weighted by molar-refractivity contribution is 5.85. The summed E-state index contributed by atoms with van der Waals surface area (Å²) in [5.41, 5.74) is 0.274. The second-order valence-electron chi connectivity index (χ2n) is 4.24. The molecule has 2 aliphatic rings.